The Morgan fingerprint density at radius 2 is 1.89 bits per heavy atom. The zero-order valence-electron chi connectivity index (χ0n) is 16.3. The van der Waals surface area contributed by atoms with Crippen LogP contribution in [0.5, 0.6) is 11.5 Å². The second-order valence-corrected chi connectivity index (χ2v) is 7.32. The van der Waals surface area contributed by atoms with Gasteiger partial charge in [0.15, 0.2) is 5.76 Å². The van der Waals surface area contributed by atoms with Gasteiger partial charge in [-0.3, -0.25) is 9.69 Å². The zero-order valence-corrected chi connectivity index (χ0v) is 16.3. The van der Waals surface area contributed by atoms with Gasteiger partial charge in [-0.15, -0.1) is 0 Å². The SMILES string of the molecule is CCc1ccc(/C=C2\Oc3c(CN4CCOCC4)c(O)cc(C)c3C2=O)cc1. The van der Waals surface area contributed by atoms with Crippen LogP contribution in [0.15, 0.2) is 36.1 Å². The number of ketones is 1. The Kier molecular flexibility index (Phi) is 5.20. The van der Waals surface area contributed by atoms with Gasteiger partial charge in [0, 0.05) is 19.6 Å². The maximum absolute atomic E-state index is 13.0. The van der Waals surface area contributed by atoms with Crippen LogP contribution in [-0.2, 0) is 17.7 Å². The van der Waals surface area contributed by atoms with Crippen molar-refractivity contribution < 1.29 is 19.4 Å². The lowest BCUT2D eigenvalue weighted by Crippen LogP contribution is -2.35. The van der Waals surface area contributed by atoms with Crippen molar-refractivity contribution in [3.63, 3.8) is 0 Å². The van der Waals surface area contributed by atoms with E-state index >= 15 is 0 Å². The Labute approximate surface area is 165 Å². The van der Waals surface area contributed by atoms with E-state index < -0.39 is 0 Å². The highest BCUT2D eigenvalue weighted by Crippen LogP contribution is 2.42. The number of benzene rings is 2. The van der Waals surface area contributed by atoms with Crippen LogP contribution < -0.4 is 4.74 Å². The third kappa shape index (κ3) is 3.55. The summed E-state index contributed by atoms with van der Waals surface area (Å²) in [6, 6.07) is 9.75. The first kappa shape index (κ1) is 18.7. The average Bonchev–Trinajstić information content (AvgIpc) is 3.03. The van der Waals surface area contributed by atoms with Gasteiger partial charge in [-0.25, -0.2) is 0 Å². The minimum Gasteiger partial charge on any atom is -0.507 e. The van der Waals surface area contributed by atoms with E-state index in [1.165, 1.54) is 5.56 Å². The summed E-state index contributed by atoms with van der Waals surface area (Å²) in [4.78, 5) is 15.2. The molecule has 2 aromatic rings. The molecule has 1 saturated heterocycles. The molecule has 0 bridgehead atoms. The molecule has 0 spiro atoms. The predicted octanol–water partition coefficient (Wildman–Crippen LogP) is 3.71. The molecule has 5 heteroatoms. The topological polar surface area (TPSA) is 59.0 Å². The van der Waals surface area contributed by atoms with Crippen LogP contribution in [0.2, 0.25) is 0 Å². The molecule has 2 heterocycles. The van der Waals surface area contributed by atoms with Crippen molar-refractivity contribution in [3.8, 4) is 11.5 Å². The number of ether oxygens (including phenoxy) is 2. The summed E-state index contributed by atoms with van der Waals surface area (Å²) in [5.74, 6) is 0.834. The molecule has 0 saturated carbocycles. The van der Waals surface area contributed by atoms with Crippen LogP contribution in [-0.4, -0.2) is 42.1 Å². The number of rotatable bonds is 4. The van der Waals surface area contributed by atoms with Crippen molar-refractivity contribution in [2.75, 3.05) is 26.3 Å². The van der Waals surface area contributed by atoms with E-state index in [1.54, 1.807) is 12.1 Å². The molecule has 4 rings (SSSR count). The fourth-order valence-electron chi connectivity index (χ4n) is 3.72. The van der Waals surface area contributed by atoms with E-state index in [9.17, 15) is 9.90 Å². The van der Waals surface area contributed by atoms with Gasteiger partial charge in [-0.2, -0.15) is 0 Å². The van der Waals surface area contributed by atoms with E-state index in [2.05, 4.69) is 24.0 Å². The number of hydrogen-bond donors (Lipinski definition) is 1. The molecule has 5 nitrogen and oxygen atoms in total. The Balaban J connectivity index is 1.67. The van der Waals surface area contributed by atoms with E-state index in [4.69, 9.17) is 9.47 Å². The molecule has 1 fully saturated rings. The van der Waals surface area contributed by atoms with Crippen molar-refractivity contribution in [2.24, 2.45) is 0 Å². The quantitative estimate of drug-likeness (QED) is 0.821. The number of Topliss-reactive ketones (excluding diaryl/α,β-unsaturated/α-hetero) is 1. The number of carbonyl (C=O) groups is 1. The molecule has 2 aromatic carbocycles. The third-order valence-electron chi connectivity index (χ3n) is 5.39. The summed E-state index contributed by atoms with van der Waals surface area (Å²) in [7, 11) is 0. The van der Waals surface area contributed by atoms with E-state index in [0.717, 1.165) is 30.6 Å². The summed E-state index contributed by atoms with van der Waals surface area (Å²) in [5.41, 5.74) is 4.12. The van der Waals surface area contributed by atoms with Gasteiger partial charge in [-0.05, 0) is 42.2 Å². The van der Waals surface area contributed by atoms with Crippen LogP contribution in [0.1, 0.15) is 39.5 Å². The van der Waals surface area contributed by atoms with Crippen molar-refractivity contribution in [3.05, 3.63) is 63.9 Å². The van der Waals surface area contributed by atoms with Gasteiger partial charge in [0.25, 0.3) is 0 Å². The van der Waals surface area contributed by atoms with Crippen LogP contribution >= 0.6 is 0 Å². The van der Waals surface area contributed by atoms with Crippen LogP contribution in [0.25, 0.3) is 6.08 Å². The standard InChI is InChI=1S/C23H25NO4/c1-3-16-4-6-17(7-5-16)13-20-22(26)21-15(2)12-19(25)18(23(21)28-20)14-24-8-10-27-11-9-24/h4-7,12-13,25H,3,8-11,14H2,1-2H3/b20-13-. The monoisotopic (exact) mass is 379 g/mol. The largest absolute Gasteiger partial charge is 0.507 e. The van der Waals surface area contributed by atoms with Crippen molar-refractivity contribution >= 4 is 11.9 Å². The van der Waals surface area contributed by atoms with E-state index in [-0.39, 0.29) is 11.5 Å². The second-order valence-electron chi connectivity index (χ2n) is 7.32. The molecule has 1 N–H and O–H groups in total. The Hall–Kier alpha value is -2.63. The molecule has 0 unspecified atom stereocenters. The van der Waals surface area contributed by atoms with E-state index in [0.29, 0.717) is 42.4 Å². The van der Waals surface area contributed by atoms with Crippen molar-refractivity contribution in [2.45, 2.75) is 26.8 Å². The fourth-order valence-corrected chi connectivity index (χ4v) is 3.72. The number of hydrogen-bond acceptors (Lipinski definition) is 5. The number of nitrogens with zero attached hydrogens (tertiary/aromatic N) is 1. The van der Waals surface area contributed by atoms with Gasteiger partial charge < -0.3 is 14.6 Å². The lowest BCUT2D eigenvalue weighted by molar-refractivity contribution is 0.0336. The van der Waals surface area contributed by atoms with E-state index in [1.807, 2.05) is 19.1 Å². The number of carbonyl (C=O) groups excluding carboxylic acids is 1. The summed E-state index contributed by atoms with van der Waals surface area (Å²) < 4.78 is 11.4. The first-order valence-corrected chi connectivity index (χ1v) is 9.75. The molecule has 0 amide bonds. The van der Waals surface area contributed by atoms with Crippen molar-refractivity contribution in [1.29, 1.82) is 0 Å². The summed E-state index contributed by atoms with van der Waals surface area (Å²) in [5, 5.41) is 10.5. The Morgan fingerprint density at radius 1 is 1.18 bits per heavy atom. The van der Waals surface area contributed by atoms with Gasteiger partial charge >= 0.3 is 0 Å². The second kappa shape index (κ2) is 7.78. The van der Waals surface area contributed by atoms with Crippen molar-refractivity contribution in [1.82, 2.24) is 4.90 Å². The number of aromatic hydroxyl groups is 1. The molecule has 146 valence electrons. The first-order valence-electron chi connectivity index (χ1n) is 9.75. The number of aryl methyl sites for hydroxylation is 2. The highest BCUT2D eigenvalue weighted by atomic mass is 16.5. The normalized spacial score (nSPS) is 18.4. The van der Waals surface area contributed by atoms with Gasteiger partial charge in [0.2, 0.25) is 5.78 Å². The molecule has 0 aromatic heterocycles. The first-order chi connectivity index (χ1) is 13.6. The molecule has 2 aliphatic heterocycles. The van der Waals surface area contributed by atoms with Gasteiger partial charge in [-0.1, -0.05) is 31.2 Å². The highest BCUT2D eigenvalue weighted by Gasteiger charge is 2.33. The molecule has 2 aliphatic rings. The zero-order chi connectivity index (χ0) is 19.7. The maximum atomic E-state index is 13.0. The smallest absolute Gasteiger partial charge is 0.232 e. The highest BCUT2D eigenvalue weighted by molar-refractivity contribution is 6.15. The van der Waals surface area contributed by atoms with Gasteiger partial charge in [0.05, 0.1) is 24.3 Å². The van der Waals surface area contributed by atoms with Crippen LogP contribution in [0.4, 0.5) is 0 Å². The lowest BCUT2D eigenvalue weighted by Gasteiger charge is -2.27. The third-order valence-corrected chi connectivity index (χ3v) is 5.39. The Morgan fingerprint density at radius 3 is 2.57 bits per heavy atom. The number of phenolic OH excluding ortho intramolecular Hbond substituents is 1. The predicted molar refractivity (Wildman–Crippen MR) is 108 cm³/mol. The number of morpholine rings is 1. The fraction of sp³-hybridized carbons (Fsp3) is 0.348. The molecular weight excluding hydrogens is 354 g/mol. The molecule has 0 radical (unpaired) electrons. The number of fused-ring (bicyclic) bond motifs is 1. The lowest BCUT2D eigenvalue weighted by atomic mass is 9.99. The number of phenols is 1. The molecule has 0 aliphatic carbocycles. The van der Waals surface area contributed by atoms with Crippen LogP contribution in [0, 0.1) is 6.92 Å². The molecule has 0 atom stereocenters. The Bertz CT molecular complexity index is 925. The average molecular weight is 379 g/mol. The summed E-state index contributed by atoms with van der Waals surface area (Å²) >= 11 is 0. The molecular formula is C23H25NO4. The summed E-state index contributed by atoms with van der Waals surface area (Å²) in [6.45, 7) is 7.41. The minimum atomic E-state index is -0.129. The molecule has 28 heavy (non-hydrogen) atoms. The van der Waals surface area contributed by atoms with Gasteiger partial charge in [0.1, 0.15) is 11.5 Å². The summed E-state index contributed by atoms with van der Waals surface area (Å²) in [6.07, 6.45) is 2.75. The minimum absolute atomic E-state index is 0.129. The number of allylic oxidation sites excluding steroid dienone is 1. The maximum Gasteiger partial charge on any atom is 0.232 e. The van der Waals surface area contributed by atoms with Crippen LogP contribution in [0.3, 0.4) is 0 Å².